The Hall–Kier alpha value is -3.03. The summed E-state index contributed by atoms with van der Waals surface area (Å²) < 4.78 is 19.8. The Bertz CT molecular complexity index is 769. The van der Waals surface area contributed by atoms with E-state index in [0.29, 0.717) is 17.9 Å². The predicted octanol–water partition coefficient (Wildman–Crippen LogP) is 2.10. The third kappa shape index (κ3) is 3.35. The molecule has 0 saturated carbocycles. The fourth-order valence-corrected chi connectivity index (χ4v) is 1.89. The number of hydrogen-bond acceptors (Lipinski definition) is 5. The number of halogens is 1. The fourth-order valence-electron chi connectivity index (χ4n) is 1.89. The molecule has 2 aromatic heterocycles. The van der Waals surface area contributed by atoms with Crippen LogP contribution in [0.5, 0.6) is 0 Å². The summed E-state index contributed by atoms with van der Waals surface area (Å²) in [5.74, 6) is 0.0656. The van der Waals surface area contributed by atoms with Gasteiger partial charge in [-0.05, 0) is 12.1 Å². The number of anilines is 1. The first-order chi connectivity index (χ1) is 10.7. The Morgan fingerprint density at radius 3 is 3.05 bits per heavy atom. The standard InChI is InChI=1S/C14H12FN5O2/c15-11-3-1-2-10(8-11)12-9-13(18-22-12)17-14(21)4-6-20-7-5-16-19-20/h1-3,5,7-9H,4,6H2,(H,17,18,21). The molecule has 3 rings (SSSR count). The molecular weight excluding hydrogens is 289 g/mol. The zero-order valence-corrected chi connectivity index (χ0v) is 11.4. The van der Waals surface area contributed by atoms with E-state index in [9.17, 15) is 9.18 Å². The number of nitrogens with one attached hydrogen (secondary N) is 1. The van der Waals surface area contributed by atoms with Gasteiger partial charge in [0.25, 0.3) is 0 Å². The van der Waals surface area contributed by atoms with E-state index < -0.39 is 0 Å². The second-order valence-electron chi connectivity index (χ2n) is 4.55. The van der Waals surface area contributed by atoms with E-state index in [1.54, 1.807) is 35.3 Å². The van der Waals surface area contributed by atoms with Gasteiger partial charge in [0, 0.05) is 24.2 Å². The van der Waals surface area contributed by atoms with E-state index in [1.807, 2.05) is 0 Å². The molecule has 0 aliphatic heterocycles. The molecule has 0 saturated heterocycles. The molecule has 0 aliphatic rings. The van der Waals surface area contributed by atoms with E-state index in [2.05, 4.69) is 20.8 Å². The third-order valence-corrected chi connectivity index (χ3v) is 2.93. The number of aromatic nitrogens is 4. The summed E-state index contributed by atoms with van der Waals surface area (Å²) in [5.41, 5.74) is 0.551. The first-order valence-electron chi connectivity index (χ1n) is 6.57. The van der Waals surface area contributed by atoms with Crippen LogP contribution in [-0.4, -0.2) is 26.1 Å². The molecule has 0 radical (unpaired) electrons. The lowest BCUT2D eigenvalue weighted by molar-refractivity contribution is -0.116. The SMILES string of the molecule is O=C(CCn1ccnn1)Nc1cc(-c2cccc(F)c2)on1. The van der Waals surface area contributed by atoms with Gasteiger partial charge in [0.1, 0.15) is 5.82 Å². The van der Waals surface area contributed by atoms with Crippen LogP contribution in [0.25, 0.3) is 11.3 Å². The zero-order valence-electron chi connectivity index (χ0n) is 11.4. The molecule has 0 bridgehead atoms. The molecule has 7 nitrogen and oxygen atoms in total. The third-order valence-electron chi connectivity index (χ3n) is 2.93. The highest BCUT2D eigenvalue weighted by Gasteiger charge is 2.10. The van der Waals surface area contributed by atoms with Crippen LogP contribution in [-0.2, 0) is 11.3 Å². The Morgan fingerprint density at radius 1 is 1.36 bits per heavy atom. The van der Waals surface area contributed by atoms with Crippen molar-refractivity contribution in [3.63, 3.8) is 0 Å². The quantitative estimate of drug-likeness (QED) is 0.780. The minimum Gasteiger partial charge on any atom is -0.354 e. The first-order valence-corrected chi connectivity index (χ1v) is 6.57. The molecule has 8 heteroatoms. The van der Waals surface area contributed by atoms with E-state index in [1.165, 1.54) is 12.1 Å². The molecular formula is C14H12FN5O2. The van der Waals surface area contributed by atoms with Crippen LogP contribution in [0.1, 0.15) is 6.42 Å². The average molecular weight is 301 g/mol. The minimum absolute atomic E-state index is 0.227. The normalized spacial score (nSPS) is 10.6. The van der Waals surface area contributed by atoms with Gasteiger partial charge in [0.05, 0.1) is 12.7 Å². The minimum atomic E-state index is -0.368. The summed E-state index contributed by atoms with van der Waals surface area (Å²) in [4.78, 5) is 11.8. The van der Waals surface area contributed by atoms with Crippen molar-refractivity contribution in [2.75, 3.05) is 5.32 Å². The average Bonchev–Trinajstić information content (AvgIpc) is 3.16. The number of carbonyl (C=O) groups excluding carboxylic acids is 1. The van der Waals surface area contributed by atoms with Crippen LogP contribution >= 0.6 is 0 Å². The number of aryl methyl sites for hydroxylation is 1. The van der Waals surface area contributed by atoms with Gasteiger partial charge >= 0.3 is 0 Å². The lowest BCUT2D eigenvalue weighted by Gasteiger charge is -2.00. The van der Waals surface area contributed by atoms with Crippen molar-refractivity contribution < 1.29 is 13.7 Å². The smallest absolute Gasteiger partial charge is 0.227 e. The van der Waals surface area contributed by atoms with Crippen LogP contribution in [0, 0.1) is 5.82 Å². The number of carbonyl (C=O) groups is 1. The largest absolute Gasteiger partial charge is 0.354 e. The van der Waals surface area contributed by atoms with Crippen LogP contribution in [0.2, 0.25) is 0 Å². The Labute approximate surface area is 124 Å². The topological polar surface area (TPSA) is 85.8 Å². The van der Waals surface area contributed by atoms with Gasteiger partial charge in [-0.15, -0.1) is 5.10 Å². The molecule has 0 fully saturated rings. The monoisotopic (exact) mass is 301 g/mol. The first kappa shape index (κ1) is 13.9. The summed E-state index contributed by atoms with van der Waals surface area (Å²) in [6.45, 7) is 0.417. The van der Waals surface area contributed by atoms with Gasteiger partial charge in [-0.3, -0.25) is 9.48 Å². The number of amides is 1. The highest BCUT2D eigenvalue weighted by molar-refractivity contribution is 5.90. The van der Waals surface area contributed by atoms with E-state index in [-0.39, 0.29) is 24.0 Å². The molecule has 2 heterocycles. The van der Waals surface area contributed by atoms with Crippen molar-refractivity contribution in [3.05, 3.63) is 48.5 Å². The maximum absolute atomic E-state index is 13.2. The van der Waals surface area contributed by atoms with Gasteiger partial charge in [0.2, 0.25) is 5.91 Å². The van der Waals surface area contributed by atoms with Gasteiger partial charge in [-0.2, -0.15) is 0 Å². The van der Waals surface area contributed by atoms with Crippen molar-refractivity contribution >= 4 is 11.7 Å². The number of benzene rings is 1. The molecule has 3 aromatic rings. The molecule has 0 unspecified atom stereocenters. The van der Waals surface area contributed by atoms with Crippen molar-refractivity contribution in [3.8, 4) is 11.3 Å². The van der Waals surface area contributed by atoms with Crippen LogP contribution in [0.15, 0.2) is 47.2 Å². The van der Waals surface area contributed by atoms with Gasteiger partial charge in [-0.25, -0.2) is 4.39 Å². The van der Waals surface area contributed by atoms with Crippen LogP contribution in [0.4, 0.5) is 10.2 Å². The summed E-state index contributed by atoms with van der Waals surface area (Å²) in [6, 6.07) is 7.48. The van der Waals surface area contributed by atoms with Crippen molar-refractivity contribution in [2.45, 2.75) is 13.0 Å². The molecule has 1 amide bonds. The molecule has 112 valence electrons. The summed E-state index contributed by atoms with van der Waals surface area (Å²) in [7, 11) is 0. The van der Waals surface area contributed by atoms with Crippen molar-refractivity contribution in [1.82, 2.24) is 20.2 Å². The summed E-state index contributed by atoms with van der Waals surface area (Å²) >= 11 is 0. The highest BCUT2D eigenvalue weighted by Crippen LogP contribution is 2.23. The number of hydrogen-bond donors (Lipinski definition) is 1. The fraction of sp³-hybridized carbons (Fsp3) is 0.143. The highest BCUT2D eigenvalue weighted by atomic mass is 19.1. The molecule has 0 aliphatic carbocycles. The Balaban J connectivity index is 1.60. The zero-order chi connectivity index (χ0) is 15.4. The van der Waals surface area contributed by atoms with Crippen molar-refractivity contribution in [2.24, 2.45) is 0 Å². The maximum Gasteiger partial charge on any atom is 0.227 e. The van der Waals surface area contributed by atoms with E-state index in [0.717, 1.165) is 0 Å². The van der Waals surface area contributed by atoms with E-state index >= 15 is 0 Å². The summed E-state index contributed by atoms with van der Waals surface area (Å²) in [5, 5.41) is 13.8. The molecule has 0 atom stereocenters. The number of nitrogens with zero attached hydrogens (tertiary/aromatic N) is 4. The molecule has 0 spiro atoms. The van der Waals surface area contributed by atoms with Gasteiger partial charge < -0.3 is 9.84 Å². The Kier molecular flexibility index (Phi) is 3.90. The van der Waals surface area contributed by atoms with Gasteiger partial charge in [-0.1, -0.05) is 22.5 Å². The summed E-state index contributed by atoms with van der Waals surface area (Å²) in [6.07, 6.45) is 3.44. The molecule has 22 heavy (non-hydrogen) atoms. The predicted molar refractivity (Wildman–Crippen MR) is 75.2 cm³/mol. The van der Waals surface area contributed by atoms with Crippen LogP contribution < -0.4 is 5.32 Å². The second-order valence-corrected chi connectivity index (χ2v) is 4.55. The lowest BCUT2D eigenvalue weighted by atomic mass is 10.2. The molecule has 1 N–H and O–H groups in total. The van der Waals surface area contributed by atoms with Crippen molar-refractivity contribution in [1.29, 1.82) is 0 Å². The van der Waals surface area contributed by atoms with E-state index in [4.69, 9.17) is 4.52 Å². The molecule has 1 aromatic carbocycles. The Morgan fingerprint density at radius 2 is 2.27 bits per heavy atom. The second kappa shape index (κ2) is 6.17. The number of rotatable bonds is 5. The van der Waals surface area contributed by atoms with Crippen LogP contribution in [0.3, 0.4) is 0 Å². The lowest BCUT2D eigenvalue weighted by Crippen LogP contribution is -2.14. The maximum atomic E-state index is 13.2. The van der Waals surface area contributed by atoms with Gasteiger partial charge in [0.15, 0.2) is 11.6 Å².